The zero-order valence-electron chi connectivity index (χ0n) is 12.2. The second-order valence-electron chi connectivity index (χ2n) is 4.82. The van der Waals surface area contributed by atoms with Gasteiger partial charge in [0.15, 0.2) is 0 Å². The number of aromatic nitrogens is 4. The van der Waals surface area contributed by atoms with Crippen molar-refractivity contribution in [2.45, 2.75) is 38.5 Å². The Morgan fingerprint density at radius 1 is 1.13 bits per heavy atom. The Labute approximate surface area is 128 Å². The summed E-state index contributed by atoms with van der Waals surface area (Å²) in [6.07, 6.45) is -5.09. The molecule has 0 amide bonds. The van der Waals surface area contributed by atoms with Gasteiger partial charge < -0.3 is 4.74 Å². The maximum atomic E-state index is 13.4. The van der Waals surface area contributed by atoms with Gasteiger partial charge in [0.1, 0.15) is 5.75 Å². The predicted molar refractivity (Wildman–Crippen MR) is 69.5 cm³/mol. The first kappa shape index (κ1) is 17.1. The Morgan fingerprint density at radius 2 is 1.74 bits per heavy atom. The summed E-state index contributed by atoms with van der Waals surface area (Å²) in [6, 6.07) is 5.48. The highest BCUT2D eigenvalue weighted by atomic mass is 19.4. The van der Waals surface area contributed by atoms with Crippen LogP contribution in [0.1, 0.15) is 26.1 Å². The lowest BCUT2D eigenvalue weighted by molar-refractivity contribution is -0.293. The van der Waals surface area contributed by atoms with Gasteiger partial charge in [-0.05, 0) is 48.0 Å². The zero-order valence-corrected chi connectivity index (χ0v) is 12.2. The molecule has 126 valence electrons. The maximum Gasteiger partial charge on any atom is 0.461 e. The van der Waals surface area contributed by atoms with Crippen molar-refractivity contribution in [1.29, 1.82) is 0 Å². The van der Waals surface area contributed by atoms with E-state index in [9.17, 15) is 22.0 Å². The monoisotopic (exact) mass is 336 g/mol. The fourth-order valence-corrected chi connectivity index (χ4v) is 1.67. The van der Waals surface area contributed by atoms with Crippen LogP contribution >= 0.6 is 0 Å². The number of hydrogen-bond acceptors (Lipinski definition) is 4. The third kappa shape index (κ3) is 3.40. The standard InChI is InChI=1S/C13H13F5N4O/c1-3-8(2)23-10-6-4-9(5-7-10)22-11(19-20-21-22)12(14,15)13(16,17)18/h4-8H,3H2,1-2H3. The minimum atomic E-state index is -5.79. The molecule has 23 heavy (non-hydrogen) atoms. The summed E-state index contributed by atoms with van der Waals surface area (Å²) in [5.74, 6) is -6.30. The van der Waals surface area contributed by atoms with Gasteiger partial charge in [-0.3, -0.25) is 0 Å². The normalized spacial score (nSPS) is 13.9. The van der Waals surface area contributed by atoms with Crippen LogP contribution in [0.5, 0.6) is 5.75 Å². The zero-order chi connectivity index (χ0) is 17.3. The average molecular weight is 336 g/mol. The molecule has 0 saturated heterocycles. The molecule has 1 aromatic carbocycles. The van der Waals surface area contributed by atoms with Gasteiger partial charge in [0.25, 0.3) is 0 Å². The molecule has 1 aromatic heterocycles. The minimum Gasteiger partial charge on any atom is -0.491 e. The predicted octanol–water partition coefficient (Wildman–Crippen LogP) is 3.49. The summed E-state index contributed by atoms with van der Waals surface area (Å²) in [6.45, 7) is 3.77. The molecule has 0 N–H and O–H groups in total. The third-order valence-electron chi connectivity index (χ3n) is 3.10. The van der Waals surface area contributed by atoms with Crippen LogP contribution in [0.2, 0.25) is 0 Å². The van der Waals surface area contributed by atoms with Crippen LogP contribution in [0.15, 0.2) is 24.3 Å². The van der Waals surface area contributed by atoms with E-state index in [1.165, 1.54) is 24.3 Å². The summed E-state index contributed by atoms with van der Waals surface area (Å²) >= 11 is 0. The first-order valence-corrected chi connectivity index (χ1v) is 6.67. The third-order valence-corrected chi connectivity index (χ3v) is 3.10. The summed E-state index contributed by atoms with van der Waals surface area (Å²) in [7, 11) is 0. The SMILES string of the molecule is CCC(C)Oc1ccc(-n2nnnc2C(F)(F)C(F)(F)F)cc1. The number of alkyl halides is 5. The number of rotatable bonds is 5. The average Bonchev–Trinajstić information content (AvgIpc) is 2.96. The van der Waals surface area contributed by atoms with Crippen LogP contribution in [0, 0.1) is 0 Å². The van der Waals surface area contributed by atoms with Crippen LogP contribution in [-0.2, 0) is 5.92 Å². The summed E-state index contributed by atoms with van der Waals surface area (Å²) in [5, 5.41) is 8.94. The van der Waals surface area contributed by atoms with Crippen molar-refractivity contribution in [3.8, 4) is 11.4 Å². The fraction of sp³-hybridized carbons (Fsp3) is 0.462. The molecule has 2 aromatic rings. The number of tetrazole rings is 1. The highest BCUT2D eigenvalue weighted by molar-refractivity contribution is 5.37. The number of benzene rings is 1. The molecule has 2 rings (SSSR count). The van der Waals surface area contributed by atoms with Gasteiger partial charge in [-0.15, -0.1) is 5.10 Å². The van der Waals surface area contributed by atoms with Crippen LogP contribution in [0.3, 0.4) is 0 Å². The molecule has 0 fully saturated rings. The lowest BCUT2D eigenvalue weighted by Crippen LogP contribution is -2.36. The summed E-state index contributed by atoms with van der Waals surface area (Å²) < 4.78 is 70.1. The van der Waals surface area contributed by atoms with Crippen LogP contribution in [0.4, 0.5) is 22.0 Å². The second kappa shape index (κ2) is 6.09. The Bertz CT molecular complexity index is 653. The molecule has 0 radical (unpaired) electrons. The Kier molecular flexibility index (Phi) is 4.53. The van der Waals surface area contributed by atoms with Crippen molar-refractivity contribution in [1.82, 2.24) is 20.2 Å². The first-order valence-electron chi connectivity index (χ1n) is 6.67. The van der Waals surface area contributed by atoms with Gasteiger partial charge in [-0.1, -0.05) is 6.92 Å². The lowest BCUT2D eigenvalue weighted by atomic mass is 10.2. The van der Waals surface area contributed by atoms with Crippen molar-refractivity contribution in [2.75, 3.05) is 0 Å². The van der Waals surface area contributed by atoms with Gasteiger partial charge in [-0.2, -0.15) is 26.6 Å². The molecule has 0 bridgehead atoms. The van der Waals surface area contributed by atoms with E-state index >= 15 is 0 Å². The molecule has 1 atom stereocenters. The highest BCUT2D eigenvalue weighted by Gasteiger charge is 2.62. The Balaban J connectivity index is 2.33. The van der Waals surface area contributed by atoms with Gasteiger partial charge in [0.05, 0.1) is 11.8 Å². The van der Waals surface area contributed by atoms with Gasteiger partial charge in [-0.25, -0.2) is 0 Å². The topological polar surface area (TPSA) is 52.8 Å². The van der Waals surface area contributed by atoms with E-state index in [1.54, 1.807) is 0 Å². The second-order valence-corrected chi connectivity index (χ2v) is 4.82. The van der Waals surface area contributed by atoms with E-state index in [-0.39, 0.29) is 11.8 Å². The van der Waals surface area contributed by atoms with Crippen molar-refractivity contribution in [2.24, 2.45) is 0 Å². The molecule has 0 aliphatic heterocycles. The number of halogens is 5. The molecule has 0 spiro atoms. The molecular formula is C13H13F5N4O. The molecule has 5 nitrogen and oxygen atoms in total. The van der Waals surface area contributed by atoms with E-state index in [1.807, 2.05) is 13.8 Å². The minimum absolute atomic E-state index is 0.0366. The summed E-state index contributed by atoms with van der Waals surface area (Å²) in [4.78, 5) is 0. The number of nitrogens with zero attached hydrogens (tertiary/aromatic N) is 4. The van der Waals surface area contributed by atoms with E-state index in [0.717, 1.165) is 6.42 Å². The summed E-state index contributed by atoms with van der Waals surface area (Å²) in [5.41, 5.74) is -0.0366. The molecule has 1 unspecified atom stereocenters. The van der Waals surface area contributed by atoms with Crippen molar-refractivity contribution >= 4 is 0 Å². The van der Waals surface area contributed by atoms with Crippen LogP contribution in [0.25, 0.3) is 5.69 Å². The van der Waals surface area contributed by atoms with Crippen molar-refractivity contribution in [3.05, 3.63) is 30.1 Å². The van der Waals surface area contributed by atoms with Gasteiger partial charge >= 0.3 is 12.1 Å². The fourth-order valence-electron chi connectivity index (χ4n) is 1.67. The van der Waals surface area contributed by atoms with E-state index in [0.29, 0.717) is 10.4 Å². The van der Waals surface area contributed by atoms with E-state index in [4.69, 9.17) is 4.74 Å². The Hall–Kier alpha value is -2.26. The molecular weight excluding hydrogens is 323 g/mol. The quantitative estimate of drug-likeness (QED) is 0.784. The molecule has 0 aliphatic rings. The molecule has 1 heterocycles. The first-order chi connectivity index (χ1) is 10.7. The highest BCUT2D eigenvalue weighted by Crippen LogP contribution is 2.43. The van der Waals surface area contributed by atoms with Crippen LogP contribution < -0.4 is 4.74 Å². The van der Waals surface area contributed by atoms with Gasteiger partial charge in [0, 0.05) is 0 Å². The molecule has 10 heteroatoms. The number of hydrogen-bond donors (Lipinski definition) is 0. The van der Waals surface area contributed by atoms with Crippen LogP contribution in [-0.4, -0.2) is 32.5 Å². The molecule has 0 aliphatic carbocycles. The van der Waals surface area contributed by atoms with Crippen molar-refractivity contribution in [3.63, 3.8) is 0 Å². The largest absolute Gasteiger partial charge is 0.491 e. The van der Waals surface area contributed by atoms with Gasteiger partial charge in [0.2, 0.25) is 5.82 Å². The van der Waals surface area contributed by atoms with E-state index in [2.05, 4.69) is 15.5 Å². The number of ether oxygens (including phenoxy) is 1. The lowest BCUT2D eigenvalue weighted by Gasteiger charge is -2.18. The maximum absolute atomic E-state index is 13.4. The smallest absolute Gasteiger partial charge is 0.461 e. The Morgan fingerprint density at radius 3 is 2.26 bits per heavy atom. The van der Waals surface area contributed by atoms with Crippen molar-refractivity contribution < 1.29 is 26.7 Å². The van der Waals surface area contributed by atoms with E-state index < -0.39 is 17.9 Å². The molecule has 0 saturated carbocycles.